The molecule has 7 heteroatoms. The molecule has 0 spiro atoms. The zero-order valence-electron chi connectivity index (χ0n) is 18.6. The van der Waals surface area contributed by atoms with Gasteiger partial charge in [0.25, 0.3) is 0 Å². The summed E-state index contributed by atoms with van der Waals surface area (Å²) in [6.07, 6.45) is 3.41. The first-order valence-corrected chi connectivity index (χ1v) is 12.2. The second kappa shape index (κ2) is 9.33. The van der Waals surface area contributed by atoms with Crippen LogP contribution in [0.2, 0.25) is 0 Å². The third-order valence-corrected chi connectivity index (χ3v) is 7.67. The maximum atomic E-state index is 12.5. The van der Waals surface area contributed by atoms with Gasteiger partial charge in [0.2, 0.25) is 0 Å². The summed E-state index contributed by atoms with van der Waals surface area (Å²) < 4.78 is 16.8. The Balaban J connectivity index is 1.28. The van der Waals surface area contributed by atoms with Crippen molar-refractivity contribution in [1.82, 2.24) is 4.90 Å². The van der Waals surface area contributed by atoms with Crippen LogP contribution in [0.3, 0.4) is 0 Å². The van der Waals surface area contributed by atoms with Crippen LogP contribution >= 0.6 is 12.0 Å². The van der Waals surface area contributed by atoms with Crippen molar-refractivity contribution in [2.45, 2.75) is 37.0 Å². The summed E-state index contributed by atoms with van der Waals surface area (Å²) in [4.78, 5) is 16.1. The van der Waals surface area contributed by atoms with Crippen molar-refractivity contribution < 1.29 is 18.6 Å². The van der Waals surface area contributed by atoms with Gasteiger partial charge in [0.15, 0.2) is 0 Å². The average Bonchev–Trinajstić information content (AvgIpc) is 3.49. The number of anilines is 1. The van der Waals surface area contributed by atoms with Crippen LogP contribution in [-0.2, 0) is 15.4 Å². The highest BCUT2D eigenvalue weighted by atomic mass is 32.2. The first-order valence-electron chi connectivity index (χ1n) is 11.5. The van der Waals surface area contributed by atoms with Crippen molar-refractivity contribution in [3.63, 3.8) is 0 Å². The van der Waals surface area contributed by atoms with Gasteiger partial charge < -0.3 is 14.4 Å². The molecule has 3 atom stereocenters. The van der Waals surface area contributed by atoms with E-state index in [0.29, 0.717) is 41.4 Å². The summed E-state index contributed by atoms with van der Waals surface area (Å²) >= 11 is 1.29. The lowest BCUT2D eigenvalue weighted by Crippen LogP contribution is -2.20. The molecule has 2 aromatic rings. The minimum absolute atomic E-state index is 0.412. The number of benzene rings is 2. The van der Waals surface area contributed by atoms with Crippen LogP contribution in [0.5, 0.6) is 5.75 Å². The van der Waals surface area contributed by atoms with E-state index in [0.717, 1.165) is 36.4 Å². The van der Waals surface area contributed by atoms with Crippen molar-refractivity contribution in [1.29, 1.82) is 0 Å². The molecule has 3 aliphatic rings. The topological polar surface area (TPSA) is 60.0 Å². The molecule has 0 amide bonds. The number of carbonyl (C=O) groups is 1. The fourth-order valence-corrected chi connectivity index (χ4v) is 5.59. The van der Waals surface area contributed by atoms with Gasteiger partial charge in [-0.15, -0.1) is 0 Å². The van der Waals surface area contributed by atoms with Gasteiger partial charge in [-0.25, -0.2) is 4.79 Å². The third-order valence-electron chi connectivity index (χ3n) is 6.92. The van der Waals surface area contributed by atoms with Gasteiger partial charge in [-0.2, -0.15) is 4.28 Å². The van der Waals surface area contributed by atoms with Crippen molar-refractivity contribution >= 4 is 23.7 Å². The number of methoxy groups -OCH3 is 1. The van der Waals surface area contributed by atoms with Crippen molar-refractivity contribution in [2.24, 2.45) is 11.8 Å². The zero-order chi connectivity index (χ0) is 22.1. The van der Waals surface area contributed by atoms with Crippen LogP contribution in [0.25, 0.3) is 0 Å². The van der Waals surface area contributed by atoms with Crippen molar-refractivity contribution in [3.05, 3.63) is 53.1 Å². The minimum Gasteiger partial charge on any atom is -0.492 e. The van der Waals surface area contributed by atoms with Crippen LogP contribution in [0.1, 0.15) is 47.2 Å². The van der Waals surface area contributed by atoms with E-state index in [9.17, 15) is 4.79 Å². The summed E-state index contributed by atoms with van der Waals surface area (Å²) in [6.45, 7) is 6.35. The first kappa shape index (κ1) is 21.6. The van der Waals surface area contributed by atoms with Gasteiger partial charge in [-0.05, 0) is 67.4 Å². The summed E-state index contributed by atoms with van der Waals surface area (Å²) in [5.41, 5.74) is 6.34. The Morgan fingerprint density at radius 2 is 2.16 bits per heavy atom. The highest BCUT2D eigenvalue weighted by Gasteiger charge is 2.45. The van der Waals surface area contributed by atoms with Crippen LogP contribution < -0.4 is 10.2 Å². The zero-order valence-corrected chi connectivity index (χ0v) is 19.5. The average molecular weight is 455 g/mol. The molecule has 6 nitrogen and oxygen atoms in total. The number of hydrogen-bond donors (Lipinski definition) is 1. The molecule has 1 saturated carbocycles. The summed E-state index contributed by atoms with van der Waals surface area (Å²) in [6, 6.07) is 12.3. The Hall–Kier alpha value is -2.22. The number of fused-ring (bicyclic) bond motifs is 3. The van der Waals surface area contributed by atoms with E-state index in [1.54, 1.807) is 0 Å². The lowest BCUT2D eigenvalue weighted by atomic mass is 9.99. The maximum Gasteiger partial charge on any atom is 0.343 e. The number of likely N-dealkylation sites (tertiary alicyclic amines) is 1. The molecular weight excluding hydrogens is 424 g/mol. The van der Waals surface area contributed by atoms with Gasteiger partial charge in [0.05, 0.1) is 31.4 Å². The van der Waals surface area contributed by atoms with Crippen molar-refractivity contribution in [3.8, 4) is 5.75 Å². The number of ether oxygens (including phenoxy) is 2. The fourth-order valence-electron chi connectivity index (χ4n) is 4.98. The van der Waals surface area contributed by atoms with E-state index in [1.165, 1.54) is 37.7 Å². The van der Waals surface area contributed by atoms with Crippen LogP contribution in [0.15, 0.2) is 41.3 Å². The SMILES string of the molecule is CCN1CCC(Cc2ccccc2SONc2ccc3c(c2C(=O)OC)OCC2CC32)C1. The third kappa shape index (κ3) is 4.34. The lowest BCUT2D eigenvalue weighted by molar-refractivity contribution is 0.0595. The standard InChI is InChI=1S/C25H30N2O4S/c1-3-27-11-10-16(14-27)12-17-6-4-5-7-22(17)32-31-26-21-9-8-19-20-13-18(20)15-30-24(19)23(21)25(28)29-2/h4-9,16,18,20,26H,3,10-15H2,1-2H3. The molecule has 5 rings (SSSR count). The first-order chi connectivity index (χ1) is 15.7. The number of carbonyl (C=O) groups excluding carboxylic acids is 1. The number of nitrogens with one attached hydrogen (secondary N) is 1. The fraction of sp³-hybridized carbons (Fsp3) is 0.480. The van der Waals surface area contributed by atoms with E-state index in [4.69, 9.17) is 13.8 Å². The quantitative estimate of drug-likeness (QED) is 0.346. The Morgan fingerprint density at radius 3 is 2.97 bits per heavy atom. The molecule has 3 unspecified atom stereocenters. The normalized spacial score (nSPS) is 23.8. The van der Waals surface area contributed by atoms with Crippen LogP contribution in [0.4, 0.5) is 5.69 Å². The maximum absolute atomic E-state index is 12.5. The predicted molar refractivity (Wildman–Crippen MR) is 125 cm³/mol. The van der Waals surface area contributed by atoms with E-state index in [1.807, 2.05) is 18.2 Å². The molecule has 2 heterocycles. The Kier molecular flexibility index (Phi) is 6.31. The van der Waals surface area contributed by atoms with Crippen molar-refractivity contribution in [2.75, 3.05) is 38.8 Å². The Bertz CT molecular complexity index is 998. The molecule has 2 aliphatic heterocycles. The molecule has 170 valence electrons. The van der Waals surface area contributed by atoms with Gasteiger partial charge in [-0.3, -0.25) is 5.48 Å². The number of rotatable bonds is 8. The number of esters is 1. The summed E-state index contributed by atoms with van der Waals surface area (Å²) in [7, 11) is 1.39. The molecule has 0 aromatic heterocycles. The van der Waals surface area contributed by atoms with Crippen LogP contribution in [-0.4, -0.2) is 44.2 Å². The number of hydrogen-bond acceptors (Lipinski definition) is 7. The highest BCUT2D eigenvalue weighted by Crippen LogP contribution is 2.55. The van der Waals surface area contributed by atoms with Gasteiger partial charge in [0, 0.05) is 17.4 Å². The van der Waals surface area contributed by atoms with E-state index in [2.05, 4.69) is 35.5 Å². The van der Waals surface area contributed by atoms with E-state index in [-0.39, 0.29) is 0 Å². The molecule has 0 bridgehead atoms. The summed E-state index contributed by atoms with van der Waals surface area (Å²) in [5.74, 6) is 1.98. The lowest BCUT2D eigenvalue weighted by Gasteiger charge is -2.21. The minimum atomic E-state index is -0.417. The second-order valence-electron chi connectivity index (χ2n) is 8.94. The molecule has 0 radical (unpaired) electrons. The molecule has 32 heavy (non-hydrogen) atoms. The van der Waals surface area contributed by atoms with Gasteiger partial charge >= 0.3 is 5.97 Å². The van der Waals surface area contributed by atoms with E-state index < -0.39 is 5.97 Å². The molecule has 1 aliphatic carbocycles. The molecule has 1 saturated heterocycles. The smallest absolute Gasteiger partial charge is 0.343 e. The van der Waals surface area contributed by atoms with Gasteiger partial charge in [0.1, 0.15) is 11.3 Å². The molecule has 1 N–H and O–H groups in total. The number of nitrogens with zero attached hydrogens (tertiary/aromatic N) is 1. The monoisotopic (exact) mass is 454 g/mol. The largest absolute Gasteiger partial charge is 0.492 e. The molecule has 2 fully saturated rings. The van der Waals surface area contributed by atoms with E-state index >= 15 is 0 Å². The van der Waals surface area contributed by atoms with Gasteiger partial charge in [-0.1, -0.05) is 31.2 Å². The second-order valence-corrected chi connectivity index (χ2v) is 9.71. The summed E-state index contributed by atoms with van der Waals surface area (Å²) in [5, 5.41) is 0. The molecular formula is C25H30N2O4S. The predicted octanol–water partition coefficient (Wildman–Crippen LogP) is 4.90. The van der Waals surface area contributed by atoms with Crippen LogP contribution in [0, 0.1) is 11.8 Å². The molecule has 2 aromatic carbocycles. The Labute approximate surface area is 193 Å². The Morgan fingerprint density at radius 1 is 1.28 bits per heavy atom. The highest BCUT2D eigenvalue weighted by molar-refractivity contribution is 7.94.